The molecule has 0 unspecified atom stereocenters. The highest BCUT2D eigenvalue weighted by Gasteiger charge is 2.44. The highest BCUT2D eigenvalue weighted by molar-refractivity contribution is 5.97. The molecule has 0 aromatic heterocycles. The second-order valence-corrected chi connectivity index (χ2v) is 8.80. The summed E-state index contributed by atoms with van der Waals surface area (Å²) in [4.78, 5) is 26.7. The number of carboxylic acid groups (broad SMARTS) is 1. The van der Waals surface area contributed by atoms with Crippen molar-refractivity contribution in [2.45, 2.75) is 37.5 Å². The van der Waals surface area contributed by atoms with Gasteiger partial charge in [0.05, 0.1) is 25.9 Å². The van der Waals surface area contributed by atoms with E-state index in [-0.39, 0.29) is 50.7 Å². The predicted molar refractivity (Wildman–Crippen MR) is 124 cm³/mol. The van der Waals surface area contributed by atoms with Gasteiger partial charge in [0.2, 0.25) is 5.91 Å². The Morgan fingerprint density at radius 2 is 1.91 bits per heavy atom. The average molecular weight is 489 g/mol. The zero-order valence-electron chi connectivity index (χ0n) is 19.7. The molecular weight excluding hydrogens is 459 g/mol. The summed E-state index contributed by atoms with van der Waals surface area (Å²) in [7, 11) is 2.97. The zero-order valence-corrected chi connectivity index (χ0v) is 19.7. The van der Waals surface area contributed by atoms with Crippen LogP contribution in [0.2, 0.25) is 0 Å². The van der Waals surface area contributed by atoms with Gasteiger partial charge in [-0.2, -0.15) is 0 Å². The number of nitrogens with zero attached hydrogens (tertiary/aromatic N) is 2. The van der Waals surface area contributed by atoms with E-state index in [1.165, 1.54) is 29.0 Å². The van der Waals surface area contributed by atoms with Crippen molar-refractivity contribution in [3.8, 4) is 11.5 Å². The number of methoxy groups -OCH3 is 2. The fourth-order valence-electron chi connectivity index (χ4n) is 4.62. The summed E-state index contributed by atoms with van der Waals surface area (Å²) in [6, 6.07) is 9.95. The van der Waals surface area contributed by atoms with Crippen LogP contribution in [0.1, 0.15) is 24.0 Å². The second kappa shape index (κ2) is 10.1. The van der Waals surface area contributed by atoms with Gasteiger partial charge in [0.25, 0.3) is 0 Å². The minimum absolute atomic E-state index is 0.0113. The van der Waals surface area contributed by atoms with Crippen molar-refractivity contribution >= 4 is 17.7 Å². The number of anilines is 1. The van der Waals surface area contributed by atoms with Crippen molar-refractivity contribution in [3.63, 3.8) is 0 Å². The molecular formula is C25H29FN2O7. The van der Waals surface area contributed by atoms with Crippen molar-refractivity contribution < 1.29 is 38.4 Å². The van der Waals surface area contributed by atoms with Crippen LogP contribution in [0, 0.1) is 5.82 Å². The number of piperidine rings is 1. The topological polar surface area (TPSA) is 109 Å². The maximum Gasteiger partial charge on any atom is 0.407 e. The highest BCUT2D eigenvalue weighted by atomic mass is 19.1. The maximum atomic E-state index is 15.0. The molecule has 2 aromatic carbocycles. The molecule has 188 valence electrons. The van der Waals surface area contributed by atoms with E-state index in [2.05, 4.69) is 0 Å². The van der Waals surface area contributed by atoms with Crippen LogP contribution in [-0.4, -0.2) is 72.7 Å². The number of likely N-dealkylation sites (tertiary alicyclic amines) is 1. The molecule has 2 N–H and O–H groups in total. The Labute approximate surface area is 202 Å². The lowest BCUT2D eigenvalue weighted by molar-refractivity contribution is -0.145. The highest BCUT2D eigenvalue weighted by Crippen LogP contribution is 2.39. The minimum Gasteiger partial charge on any atom is -0.497 e. The molecule has 2 aliphatic rings. The van der Waals surface area contributed by atoms with Gasteiger partial charge in [-0.3, -0.25) is 4.79 Å². The number of rotatable bonds is 7. The molecule has 2 aromatic rings. The largest absolute Gasteiger partial charge is 0.497 e. The number of aliphatic hydroxyl groups is 1. The van der Waals surface area contributed by atoms with Gasteiger partial charge in [0, 0.05) is 25.6 Å². The standard InChI is InChI=1S/C25H29FN2O7/c1-33-17-5-3-16(4-6-17)13-28-22(29)10-7-18-20(9-8-19(26)23(18)28)35-15-25(32)11-12-27(24(30)31)14-21(25)34-2/h3-6,8-9,21,32H,7,10-15H2,1-2H3,(H,30,31)/t21-,25-/m0/s1. The Kier molecular flexibility index (Phi) is 7.13. The van der Waals surface area contributed by atoms with Gasteiger partial charge in [-0.1, -0.05) is 12.1 Å². The monoisotopic (exact) mass is 488 g/mol. The van der Waals surface area contributed by atoms with Crippen LogP contribution in [0.4, 0.5) is 14.9 Å². The molecule has 9 nitrogen and oxygen atoms in total. The van der Waals surface area contributed by atoms with E-state index in [0.717, 1.165) is 5.56 Å². The number of hydrogen-bond donors (Lipinski definition) is 2. The Bertz CT molecular complexity index is 1090. The van der Waals surface area contributed by atoms with Gasteiger partial charge >= 0.3 is 6.09 Å². The molecule has 2 atom stereocenters. The Hall–Kier alpha value is -3.37. The minimum atomic E-state index is -1.42. The molecule has 0 saturated carbocycles. The van der Waals surface area contributed by atoms with Gasteiger partial charge < -0.3 is 34.2 Å². The van der Waals surface area contributed by atoms with Gasteiger partial charge in [-0.25, -0.2) is 9.18 Å². The van der Waals surface area contributed by atoms with E-state index in [4.69, 9.17) is 14.2 Å². The molecule has 1 fully saturated rings. The number of carbonyl (C=O) groups is 2. The first-order chi connectivity index (χ1) is 16.8. The number of amides is 2. The zero-order chi connectivity index (χ0) is 25.2. The molecule has 10 heteroatoms. The number of halogens is 1. The first-order valence-corrected chi connectivity index (χ1v) is 11.4. The van der Waals surface area contributed by atoms with Crippen LogP contribution in [-0.2, 0) is 22.5 Å². The third kappa shape index (κ3) is 5.03. The van der Waals surface area contributed by atoms with Crippen molar-refractivity contribution in [3.05, 3.63) is 53.3 Å². The molecule has 35 heavy (non-hydrogen) atoms. The first-order valence-electron chi connectivity index (χ1n) is 11.4. The fraction of sp³-hybridized carbons (Fsp3) is 0.440. The van der Waals surface area contributed by atoms with Crippen LogP contribution in [0.15, 0.2) is 36.4 Å². The summed E-state index contributed by atoms with van der Waals surface area (Å²) in [6.07, 6.45) is -1.23. The molecule has 2 amide bonds. The van der Waals surface area contributed by atoms with Crippen molar-refractivity contribution in [2.24, 2.45) is 0 Å². The lowest BCUT2D eigenvalue weighted by atomic mass is 9.89. The smallest absolute Gasteiger partial charge is 0.407 e. The lowest BCUT2D eigenvalue weighted by Gasteiger charge is -2.42. The average Bonchev–Trinajstić information content (AvgIpc) is 2.85. The molecule has 0 aliphatic carbocycles. The Morgan fingerprint density at radius 1 is 1.17 bits per heavy atom. The van der Waals surface area contributed by atoms with Gasteiger partial charge in [-0.15, -0.1) is 0 Å². The lowest BCUT2D eigenvalue weighted by Crippen LogP contribution is -2.60. The summed E-state index contributed by atoms with van der Waals surface area (Å²) >= 11 is 0. The van der Waals surface area contributed by atoms with E-state index in [1.807, 2.05) is 12.1 Å². The summed E-state index contributed by atoms with van der Waals surface area (Å²) < 4.78 is 31.5. The first kappa shape index (κ1) is 24.7. The van der Waals surface area contributed by atoms with Crippen LogP contribution in [0.5, 0.6) is 11.5 Å². The summed E-state index contributed by atoms with van der Waals surface area (Å²) in [6.45, 7) is 0.179. The fourth-order valence-corrected chi connectivity index (χ4v) is 4.62. The van der Waals surface area contributed by atoms with E-state index < -0.39 is 23.6 Å². The van der Waals surface area contributed by atoms with Crippen LogP contribution in [0.25, 0.3) is 0 Å². The second-order valence-electron chi connectivity index (χ2n) is 8.80. The Balaban J connectivity index is 1.56. The molecule has 0 bridgehead atoms. The molecule has 2 aliphatic heterocycles. The number of ether oxygens (including phenoxy) is 3. The third-order valence-corrected chi connectivity index (χ3v) is 6.68. The van der Waals surface area contributed by atoms with Crippen molar-refractivity contribution in [1.29, 1.82) is 0 Å². The van der Waals surface area contributed by atoms with Gasteiger partial charge in [0.15, 0.2) is 0 Å². The van der Waals surface area contributed by atoms with E-state index in [9.17, 15) is 19.8 Å². The summed E-state index contributed by atoms with van der Waals surface area (Å²) in [5.41, 5.74) is 0.124. The maximum absolute atomic E-state index is 15.0. The van der Waals surface area contributed by atoms with Gasteiger partial charge in [-0.05, 0) is 42.7 Å². The van der Waals surface area contributed by atoms with Gasteiger partial charge in [0.1, 0.15) is 35.6 Å². The molecule has 2 heterocycles. The number of benzene rings is 2. The molecule has 0 spiro atoms. The molecule has 4 rings (SSSR count). The van der Waals surface area contributed by atoms with E-state index >= 15 is 4.39 Å². The van der Waals surface area contributed by atoms with Crippen LogP contribution >= 0.6 is 0 Å². The number of fused-ring (bicyclic) bond motifs is 1. The predicted octanol–water partition coefficient (Wildman–Crippen LogP) is 2.82. The van der Waals surface area contributed by atoms with E-state index in [1.54, 1.807) is 19.2 Å². The normalized spacial score (nSPS) is 22.1. The van der Waals surface area contributed by atoms with Crippen molar-refractivity contribution in [1.82, 2.24) is 4.90 Å². The summed E-state index contributed by atoms with van der Waals surface area (Å²) in [5, 5.41) is 20.4. The van der Waals surface area contributed by atoms with E-state index in [0.29, 0.717) is 23.5 Å². The number of hydrogen-bond acceptors (Lipinski definition) is 6. The Morgan fingerprint density at radius 3 is 2.57 bits per heavy atom. The van der Waals surface area contributed by atoms with Crippen LogP contribution < -0.4 is 14.4 Å². The SMILES string of the molecule is COc1ccc(CN2C(=O)CCc3c(OC[C@@]4(O)CCN(C(=O)O)C[C@@H]4OC)ccc(F)c32)cc1. The number of carbonyl (C=O) groups excluding carboxylic acids is 1. The molecule has 1 saturated heterocycles. The van der Waals surface area contributed by atoms with Crippen molar-refractivity contribution in [2.75, 3.05) is 38.8 Å². The van der Waals surface area contributed by atoms with Crippen LogP contribution in [0.3, 0.4) is 0 Å². The summed E-state index contributed by atoms with van der Waals surface area (Å²) in [5.74, 6) is 0.334. The quantitative estimate of drug-likeness (QED) is 0.617. The third-order valence-electron chi connectivity index (χ3n) is 6.68. The molecule has 0 radical (unpaired) electrons.